The lowest BCUT2D eigenvalue weighted by Gasteiger charge is -2.30. The minimum Gasteiger partial charge on any atom is -0.358 e. The third-order valence-corrected chi connectivity index (χ3v) is 3.65. The maximum Gasteiger partial charge on any atom is 0.221 e. The lowest BCUT2D eigenvalue weighted by atomic mass is 9.88. The zero-order valence-electron chi connectivity index (χ0n) is 9.80. The maximum absolute atomic E-state index is 11.2. The van der Waals surface area contributed by atoms with Crippen molar-refractivity contribution in [1.29, 1.82) is 5.41 Å². The Bertz CT molecular complexity index is 271. The molecular weight excluding hydrogens is 202 g/mol. The van der Waals surface area contributed by atoms with Crippen LogP contribution >= 0.6 is 0 Å². The van der Waals surface area contributed by atoms with Gasteiger partial charge in [0.05, 0.1) is 5.84 Å². The van der Waals surface area contributed by atoms with E-state index in [2.05, 4.69) is 10.2 Å². The van der Waals surface area contributed by atoms with Crippen LogP contribution in [0.1, 0.15) is 38.5 Å². The fourth-order valence-corrected chi connectivity index (χ4v) is 2.64. The highest BCUT2D eigenvalue weighted by atomic mass is 16.1. The minimum atomic E-state index is 0.124. The van der Waals surface area contributed by atoms with E-state index in [0.29, 0.717) is 18.9 Å². The average Bonchev–Trinajstić information content (AvgIpc) is 2.54. The van der Waals surface area contributed by atoms with Gasteiger partial charge < -0.3 is 10.2 Å². The Morgan fingerprint density at radius 1 is 1.25 bits per heavy atom. The number of nitrogens with zero attached hydrogens (tertiary/aromatic N) is 1. The van der Waals surface area contributed by atoms with Crippen molar-refractivity contribution in [2.45, 2.75) is 38.5 Å². The van der Waals surface area contributed by atoms with Crippen molar-refractivity contribution in [2.75, 3.05) is 19.6 Å². The number of amidine groups is 1. The van der Waals surface area contributed by atoms with Gasteiger partial charge in [0.25, 0.3) is 0 Å². The van der Waals surface area contributed by atoms with E-state index < -0.39 is 0 Å². The number of nitrogens with one attached hydrogen (secondary N) is 2. The SMILES string of the molecule is N=C(C1CCCCC1)N1CCNC(=O)CC1. The Hall–Kier alpha value is -1.06. The average molecular weight is 223 g/mol. The number of hydrogen-bond donors (Lipinski definition) is 2. The fourth-order valence-electron chi connectivity index (χ4n) is 2.64. The van der Waals surface area contributed by atoms with Gasteiger partial charge in [-0.2, -0.15) is 0 Å². The second kappa shape index (κ2) is 5.32. The molecule has 4 heteroatoms. The second-order valence-corrected chi connectivity index (χ2v) is 4.81. The van der Waals surface area contributed by atoms with Crippen LogP contribution in [0.4, 0.5) is 0 Å². The summed E-state index contributed by atoms with van der Waals surface area (Å²) in [7, 11) is 0. The Kier molecular flexibility index (Phi) is 3.80. The molecule has 0 bridgehead atoms. The molecule has 0 aromatic heterocycles. The van der Waals surface area contributed by atoms with Gasteiger partial charge in [0.1, 0.15) is 0 Å². The van der Waals surface area contributed by atoms with Gasteiger partial charge in [-0.3, -0.25) is 10.2 Å². The van der Waals surface area contributed by atoms with Crippen molar-refractivity contribution < 1.29 is 4.79 Å². The summed E-state index contributed by atoms with van der Waals surface area (Å²) < 4.78 is 0. The third-order valence-electron chi connectivity index (χ3n) is 3.65. The summed E-state index contributed by atoms with van der Waals surface area (Å²) in [4.78, 5) is 13.3. The number of amides is 1. The van der Waals surface area contributed by atoms with Crippen molar-refractivity contribution in [1.82, 2.24) is 10.2 Å². The number of carbonyl (C=O) groups excluding carboxylic acids is 1. The summed E-state index contributed by atoms with van der Waals surface area (Å²) in [6.45, 7) is 2.22. The molecule has 2 N–H and O–H groups in total. The van der Waals surface area contributed by atoms with Gasteiger partial charge in [-0.15, -0.1) is 0 Å². The molecule has 2 aliphatic rings. The molecule has 0 aromatic rings. The Labute approximate surface area is 96.9 Å². The van der Waals surface area contributed by atoms with Gasteiger partial charge in [0.15, 0.2) is 0 Å². The van der Waals surface area contributed by atoms with E-state index in [1.54, 1.807) is 0 Å². The van der Waals surface area contributed by atoms with E-state index in [0.717, 1.165) is 31.8 Å². The quantitative estimate of drug-likeness (QED) is 0.521. The summed E-state index contributed by atoms with van der Waals surface area (Å²) in [5.41, 5.74) is 0. The van der Waals surface area contributed by atoms with Crippen LogP contribution in [0.2, 0.25) is 0 Å². The molecule has 1 aliphatic carbocycles. The van der Waals surface area contributed by atoms with Crippen LogP contribution in [0.5, 0.6) is 0 Å². The first-order chi connectivity index (χ1) is 7.77. The van der Waals surface area contributed by atoms with E-state index in [1.165, 1.54) is 19.3 Å². The van der Waals surface area contributed by atoms with Gasteiger partial charge in [-0.1, -0.05) is 19.3 Å². The standard InChI is InChI=1S/C12H21N3O/c13-12(10-4-2-1-3-5-10)15-8-6-11(16)14-7-9-15/h10,13H,1-9H2,(H,14,16). The molecule has 1 saturated carbocycles. The molecule has 1 heterocycles. The number of rotatable bonds is 1. The summed E-state index contributed by atoms with van der Waals surface area (Å²) in [5, 5.41) is 11.1. The van der Waals surface area contributed by atoms with Crippen LogP contribution in [0.3, 0.4) is 0 Å². The Balaban J connectivity index is 1.89. The van der Waals surface area contributed by atoms with Crippen LogP contribution in [-0.2, 0) is 4.79 Å². The Morgan fingerprint density at radius 2 is 2.00 bits per heavy atom. The lowest BCUT2D eigenvalue weighted by Crippen LogP contribution is -2.38. The van der Waals surface area contributed by atoms with Gasteiger partial charge in [0, 0.05) is 32.0 Å². The summed E-state index contributed by atoms with van der Waals surface area (Å²) in [6, 6.07) is 0. The van der Waals surface area contributed by atoms with Crippen molar-refractivity contribution in [3.8, 4) is 0 Å². The molecule has 0 radical (unpaired) electrons. The minimum absolute atomic E-state index is 0.124. The highest BCUT2D eigenvalue weighted by Gasteiger charge is 2.24. The van der Waals surface area contributed by atoms with Gasteiger partial charge in [0.2, 0.25) is 5.91 Å². The second-order valence-electron chi connectivity index (χ2n) is 4.81. The zero-order chi connectivity index (χ0) is 11.4. The predicted molar refractivity (Wildman–Crippen MR) is 63.5 cm³/mol. The summed E-state index contributed by atoms with van der Waals surface area (Å²) in [5.74, 6) is 1.34. The van der Waals surface area contributed by atoms with Crippen LogP contribution in [0.25, 0.3) is 0 Å². The van der Waals surface area contributed by atoms with Gasteiger partial charge >= 0.3 is 0 Å². The van der Waals surface area contributed by atoms with Gasteiger partial charge in [-0.25, -0.2) is 0 Å². The molecule has 0 atom stereocenters. The zero-order valence-corrected chi connectivity index (χ0v) is 9.80. The third kappa shape index (κ3) is 2.74. The monoisotopic (exact) mass is 223 g/mol. The predicted octanol–water partition coefficient (Wildman–Crippen LogP) is 1.37. The number of hydrogen-bond acceptors (Lipinski definition) is 2. The van der Waals surface area contributed by atoms with Crippen molar-refractivity contribution >= 4 is 11.7 Å². The first kappa shape index (κ1) is 11.4. The van der Waals surface area contributed by atoms with E-state index in [4.69, 9.17) is 5.41 Å². The Morgan fingerprint density at radius 3 is 2.75 bits per heavy atom. The van der Waals surface area contributed by atoms with Crippen molar-refractivity contribution in [2.24, 2.45) is 5.92 Å². The van der Waals surface area contributed by atoms with E-state index in [1.807, 2.05) is 0 Å². The van der Waals surface area contributed by atoms with E-state index in [-0.39, 0.29) is 5.91 Å². The molecule has 90 valence electrons. The molecule has 16 heavy (non-hydrogen) atoms. The van der Waals surface area contributed by atoms with Gasteiger partial charge in [-0.05, 0) is 12.8 Å². The topological polar surface area (TPSA) is 56.2 Å². The molecule has 2 rings (SSSR count). The lowest BCUT2D eigenvalue weighted by molar-refractivity contribution is -0.120. The van der Waals surface area contributed by atoms with Crippen LogP contribution in [0.15, 0.2) is 0 Å². The molecule has 4 nitrogen and oxygen atoms in total. The maximum atomic E-state index is 11.2. The van der Waals surface area contributed by atoms with Crippen LogP contribution < -0.4 is 5.32 Å². The smallest absolute Gasteiger partial charge is 0.221 e. The van der Waals surface area contributed by atoms with E-state index in [9.17, 15) is 4.79 Å². The van der Waals surface area contributed by atoms with Crippen LogP contribution in [-0.4, -0.2) is 36.3 Å². The molecule has 0 spiro atoms. The fraction of sp³-hybridized carbons (Fsp3) is 0.833. The van der Waals surface area contributed by atoms with Crippen molar-refractivity contribution in [3.63, 3.8) is 0 Å². The normalized spacial score (nSPS) is 23.8. The number of carbonyl (C=O) groups is 1. The molecule has 0 unspecified atom stereocenters. The van der Waals surface area contributed by atoms with E-state index >= 15 is 0 Å². The molecule has 1 saturated heterocycles. The molecule has 1 amide bonds. The molecule has 0 aromatic carbocycles. The molecule has 1 aliphatic heterocycles. The highest BCUT2D eigenvalue weighted by molar-refractivity contribution is 5.83. The summed E-state index contributed by atoms with van der Waals surface area (Å²) in [6.07, 6.45) is 6.71. The summed E-state index contributed by atoms with van der Waals surface area (Å²) >= 11 is 0. The van der Waals surface area contributed by atoms with Crippen molar-refractivity contribution in [3.05, 3.63) is 0 Å². The first-order valence-corrected chi connectivity index (χ1v) is 6.37. The largest absolute Gasteiger partial charge is 0.358 e. The van der Waals surface area contributed by atoms with Crippen LogP contribution in [0, 0.1) is 11.3 Å². The highest BCUT2D eigenvalue weighted by Crippen LogP contribution is 2.25. The molecular formula is C12H21N3O. The first-order valence-electron chi connectivity index (χ1n) is 6.37. The molecule has 2 fully saturated rings.